The lowest BCUT2D eigenvalue weighted by Crippen LogP contribution is -2.26. The fourth-order valence-corrected chi connectivity index (χ4v) is 2.94. The summed E-state index contributed by atoms with van der Waals surface area (Å²) in [5, 5.41) is 2.89. The molecule has 0 spiro atoms. The minimum absolute atomic E-state index is 0.188. The first-order valence-electron chi connectivity index (χ1n) is 9.09. The summed E-state index contributed by atoms with van der Waals surface area (Å²) < 4.78 is 10.6. The van der Waals surface area contributed by atoms with Gasteiger partial charge in [0, 0.05) is 19.6 Å². The summed E-state index contributed by atoms with van der Waals surface area (Å²) in [7, 11) is 0. The highest BCUT2D eigenvalue weighted by molar-refractivity contribution is 5.92. The van der Waals surface area contributed by atoms with Crippen LogP contribution >= 0.6 is 0 Å². The molecular weight excluding hydrogens is 330 g/mol. The van der Waals surface area contributed by atoms with E-state index in [0.717, 1.165) is 42.9 Å². The van der Waals surface area contributed by atoms with Crippen LogP contribution in [0.4, 0.5) is 5.69 Å². The lowest BCUT2D eigenvalue weighted by atomic mass is 10.2. The number of carbonyl (C=O) groups is 1. The Bertz CT molecular complexity index is 740. The quantitative estimate of drug-likeness (QED) is 0.787. The van der Waals surface area contributed by atoms with Gasteiger partial charge < -0.3 is 19.7 Å². The van der Waals surface area contributed by atoms with Gasteiger partial charge in [0.25, 0.3) is 5.91 Å². The molecule has 0 aliphatic carbocycles. The van der Waals surface area contributed by atoms with Gasteiger partial charge in [-0.15, -0.1) is 0 Å². The third-order valence-electron chi connectivity index (χ3n) is 4.22. The van der Waals surface area contributed by atoms with Gasteiger partial charge in [-0.05, 0) is 42.7 Å². The minimum Gasteiger partial charge on any atom is -0.454 e. The fraction of sp³-hybridized carbons (Fsp3) is 0.400. The first kappa shape index (κ1) is 18.0. The Labute approximate surface area is 154 Å². The summed E-state index contributed by atoms with van der Waals surface area (Å²) in [6.07, 6.45) is 3.94. The van der Waals surface area contributed by atoms with Crippen LogP contribution in [0, 0.1) is 0 Å². The average Bonchev–Trinajstić information content (AvgIpc) is 3.14. The second-order valence-corrected chi connectivity index (χ2v) is 6.26. The van der Waals surface area contributed by atoms with Crippen molar-refractivity contribution in [1.29, 1.82) is 0 Å². The van der Waals surface area contributed by atoms with Crippen LogP contribution in [-0.2, 0) is 6.54 Å². The zero-order valence-electron chi connectivity index (χ0n) is 15.3. The highest BCUT2D eigenvalue weighted by atomic mass is 16.7. The maximum atomic E-state index is 12.3. The molecule has 0 radical (unpaired) electrons. The van der Waals surface area contributed by atoms with Gasteiger partial charge in [-0.2, -0.15) is 0 Å². The monoisotopic (exact) mass is 355 g/mol. The zero-order chi connectivity index (χ0) is 18.4. The minimum atomic E-state index is -0.188. The molecule has 1 aromatic carbocycles. The molecule has 1 N–H and O–H groups in total. The number of carbonyl (C=O) groups excluding carboxylic acids is 1. The Morgan fingerprint density at radius 1 is 1.12 bits per heavy atom. The summed E-state index contributed by atoms with van der Waals surface area (Å²) in [5.41, 5.74) is 2.43. The van der Waals surface area contributed by atoms with Gasteiger partial charge in [-0.3, -0.25) is 4.79 Å². The second kappa shape index (κ2) is 8.56. The molecule has 26 heavy (non-hydrogen) atoms. The summed E-state index contributed by atoms with van der Waals surface area (Å²) in [6, 6.07) is 9.40. The lowest BCUT2D eigenvalue weighted by molar-refractivity contribution is 0.0946. The van der Waals surface area contributed by atoms with Gasteiger partial charge in [0.05, 0.1) is 11.9 Å². The van der Waals surface area contributed by atoms with Crippen LogP contribution in [-0.4, -0.2) is 30.8 Å². The number of hydrogen-bond acceptors (Lipinski definition) is 5. The summed E-state index contributed by atoms with van der Waals surface area (Å²) in [6.45, 7) is 6.96. The molecule has 2 heterocycles. The molecule has 2 aromatic rings. The van der Waals surface area contributed by atoms with Crippen molar-refractivity contribution in [1.82, 2.24) is 10.3 Å². The van der Waals surface area contributed by atoms with Crippen LogP contribution in [0.15, 0.2) is 36.5 Å². The Kier molecular flexibility index (Phi) is 5.94. The molecule has 6 heteroatoms. The van der Waals surface area contributed by atoms with Gasteiger partial charge in [-0.1, -0.05) is 19.9 Å². The van der Waals surface area contributed by atoms with E-state index in [1.165, 1.54) is 0 Å². The van der Waals surface area contributed by atoms with Crippen molar-refractivity contribution in [3.05, 3.63) is 47.8 Å². The van der Waals surface area contributed by atoms with Crippen molar-refractivity contribution >= 4 is 11.6 Å². The van der Waals surface area contributed by atoms with Crippen molar-refractivity contribution in [3.63, 3.8) is 0 Å². The maximum Gasteiger partial charge on any atom is 0.270 e. The fourth-order valence-electron chi connectivity index (χ4n) is 2.94. The predicted octanol–water partition coefficient (Wildman–Crippen LogP) is 3.37. The van der Waals surface area contributed by atoms with Crippen molar-refractivity contribution in [2.75, 3.05) is 24.8 Å². The SMILES string of the molecule is CCCN(CCC)c1ccc(C(=O)NCc2ccc3c(c2)OCO3)nc1. The topological polar surface area (TPSA) is 63.7 Å². The van der Waals surface area contributed by atoms with Gasteiger partial charge in [0.2, 0.25) is 6.79 Å². The molecule has 0 bridgehead atoms. The van der Waals surface area contributed by atoms with Gasteiger partial charge in [0.1, 0.15) is 5.69 Å². The molecule has 6 nitrogen and oxygen atoms in total. The van der Waals surface area contributed by atoms with Crippen molar-refractivity contribution in [2.45, 2.75) is 33.2 Å². The number of aromatic nitrogens is 1. The van der Waals surface area contributed by atoms with Crippen LogP contribution in [0.1, 0.15) is 42.7 Å². The molecule has 0 atom stereocenters. The number of hydrogen-bond donors (Lipinski definition) is 1. The number of amides is 1. The smallest absolute Gasteiger partial charge is 0.270 e. The first-order valence-corrected chi connectivity index (χ1v) is 9.09. The molecule has 3 rings (SSSR count). The normalized spacial score (nSPS) is 12.1. The number of rotatable bonds is 8. The third kappa shape index (κ3) is 4.25. The van der Waals surface area contributed by atoms with E-state index in [2.05, 4.69) is 29.0 Å². The predicted molar refractivity (Wildman–Crippen MR) is 101 cm³/mol. The molecule has 138 valence electrons. The number of pyridine rings is 1. The van der Waals surface area contributed by atoms with Gasteiger partial charge in [-0.25, -0.2) is 4.98 Å². The van der Waals surface area contributed by atoms with E-state index in [1.807, 2.05) is 24.3 Å². The first-order chi connectivity index (χ1) is 12.7. The van der Waals surface area contributed by atoms with Gasteiger partial charge >= 0.3 is 0 Å². The average molecular weight is 355 g/mol. The Hall–Kier alpha value is -2.76. The van der Waals surface area contributed by atoms with E-state index in [0.29, 0.717) is 18.0 Å². The number of nitrogens with zero attached hydrogens (tertiary/aromatic N) is 2. The van der Waals surface area contributed by atoms with Gasteiger partial charge in [0.15, 0.2) is 11.5 Å². The van der Waals surface area contributed by atoms with Crippen molar-refractivity contribution in [2.24, 2.45) is 0 Å². The molecule has 1 aliphatic rings. The zero-order valence-corrected chi connectivity index (χ0v) is 15.3. The highest BCUT2D eigenvalue weighted by Crippen LogP contribution is 2.32. The van der Waals surface area contributed by atoms with Crippen LogP contribution < -0.4 is 19.7 Å². The van der Waals surface area contributed by atoms with E-state index < -0.39 is 0 Å². The second-order valence-electron chi connectivity index (χ2n) is 6.26. The number of nitrogens with one attached hydrogen (secondary N) is 1. The van der Waals surface area contributed by atoms with Crippen LogP contribution in [0.25, 0.3) is 0 Å². The van der Waals surface area contributed by atoms with Crippen LogP contribution in [0.5, 0.6) is 11.5 Å². The van der Waals surface area contributed by atoms with Crippen LogP contribution in [0.2, 0.25) is 0 Å². The Morgan fingerprint density at radius 2 is 1.88 bits per heavy atom. The molecule has 0 fully saturated rings. The molecule has 1 aliphatic heterocycles. The van der Waals surface area contributed by atoms with E-state index in [1.54, 1.807) is 12.3 Å². The van der Waals surface area contributed by atoms with E-state index in [9.17, 15) is 4.79 Å². The Morgan fingerprint density at radius 3 is 2.58 bits per heavy atom. The molecule has 0 unspecified atom stereocenters. The largest absolute Gasteiger partial charge is 0.454 e. The molecule has 1 amide bonds. The van der Waals surface area contributed by atoms with E-state index >= 15 is 0 Å². The summed E-state index contributed by atoms with van der Waals surface area (Å²) >= 11 is 0. The molecule has 0 saturated heterocycles. The lowest BCUT2D eigenvalue weighted by Gasteiger charge is -2.23. The number of benzene rings is 1. The summed E-state index contributed by atoms with van der Waals surface area (Å²) in [5.74, 6) is 1.26. The maximum absolute atomic E-state index is 12.3. The van der Waals surface area contributed by atoms with E-state index in [4.69, 9.17) is 9.47 Å². The summed E-state index contributed by atoms with van der Waals surface area (Å²) in [4.78, 5) is 19.0. The standard InChI is InChI=1S/C20H25N3O3/c1-3-9-23(10-4-2)16-6-7-17(21-13-16)20(24)22-12-15-5-8-18-19(11-15)26-14-25-18/h5-8,11,13H,3-4,9-10,12,14H2,1-2H3,(H,22,24). The molecular formula is C20H25N3O3. The van der Waals surface area contributed by atoms with Crippen molar-refractivity contribution in [3.8, 4) is 11.5 Å². The highest BCUT2D eigenvalue weighted by Gasteiger charge is 2.14. The number of ether oxygens (including phenoxy) is 2. The number of anilines is 1. The molecule has 0 saturated carbocycles. The number of fused-ring (bicyclic) bond motifs is 1. The van der Waals surface area contributed by atoms with Crippen molar-refractivity contribution < 1.29 is 14.3 Å². The van der Waals surface area contributed by atoms with Crippen LogP contribution in [0.3, 0.4) is 0 Å². The van der Waals surface area contributed by atoms with E-state index in [-0.39, 0.29) is 12.7 Å². The third-order valence-corrected chi connectivity index (χ3v) is 4.22. The Balaban J connectivity index is 1.59. The molecule has 1 aromatic heterocycles.